The van der Waals surface area contributed by atoms with Crippen LogP contribution in [0.15, 0.2) is 0 Å². The monoisotopic (exact) mass is 210 g/mol. The lowest BCUT2D eigenvalue weighted by Gasteiger charge is -2.04. The average molecular weight is 210 g/mol. The molecule has 0 aromatic rings. The van der Waals surface area contributed by atoms with Gasteiger partial charge in [-0.25, -0.2) is 0 Å². The van der Waals surface area contributed by atoms with Gasteiger partial charge in [0.2, 0.25) is 0 Å². The quantitative estimate of drug-likeness (QED) is 0.684. The van der Waals surface area contributed by atoms with Crippen LogP contribution in [0.25, 0.3) is 0 Å². The fraction of sp³-hybridized carbons (Fsp3) is 1.00. The normalized spacial score (nSPS) is 9.43. The van der Waals surface area contributed by atoms with Crippen LogP contribution in [-0.4, -0.2) is 49.9 Å². The Morgan fingerprint density at radius 2 is 1.14 bits per heavy atom. The second-order valence-electron chi connectivity index (χ2n) is 3.47. The molecule has 0 bridgehead atoms. The van der Waals surface area contributed by atoms with E-state index in [1.165, 1.54) is 0 Å². The summed E-state index contributed by atoms with van der Waals surface area (Å²) in [7, 11) is 3.30. The SMILES string of the molecule is CC(C)(C)O.CCO.COCCOC. The summed E-state index contributed by atoms with van der Waals surface area (Å²) in [6, 6.07) is 0. The molecule has 0 rings (SSSR count). The Morgan fingerprint density at radius 1 is 1.00 bits per heavy atom. The van der Waals surface area contributed by atoms with Crippen molar-refractivity contribution in [3.8, 4) is 0 Å². The predicted molar refractivity (Wildman–Crippen MR) is 58.5 cm³/mol. The molecule has 14 heavy (non-hydrogen) atoms. The molecule has 0 spiro atoms. The lowest BCUT2D eigenvalue weighted by molar-refractivity contribution is 0.102. The lowest BCUT2D eigenvalue weighted by Crippen LogP contribution is -2.10. The van der Waals surface area contributed by atoms with Gasteiger partial charge in [-0.2, -0.15) is 0 Å². The Bertz CT molecular complexity index is 68.7. The number of rotatable bonds is 3. The van der Waals surface area contributed by atoms with Gasteiger partial charge in [0.15, 0.2) is 0 Å². The maximum Gasteiger partial charge on any atom is 0.0696 e. The summed E-state index contributed by atoms with van der Waals surface area (Å²) in [6.45, 7) is 8.54. The highest BCUT2D eigenvalue weighted by atomic mass is 16.5. The third kappa shape index (κ3) is 172. The van der Waals surface area contributed by atoms with Gasteiger partial charge in [0.1, 0.15) is 0 Å². The van der Waals surface area contributed by atoms with Crippen molar-refractivity contribution in [3.63, 3.8) is 0 Å². The highest BCUT2D eigenvalue weighted by molar-refractivity contribution is 4.50. The van der Waals surface area contributed by atoms with E-state index in [0.29, 0.717) is 13.2 Å². The third-order valence-electron chi connectivity index (χ3n) is 0.492. The van der Waals surface area contributed by atoms with E-state index in [1.54, 1.807) is 41.9 Å². The van der Waals surface area contributed by atoms with E-state index < -0.39 is 5.60 Å². The van der Waals surface area contributed by atoms with Gasteiger partial charge in [0.05, 0.1) is 18.8 Å². The molecule has 0 fully saturated rings. The smallest absolute Gasteiger partial charge is 0.0696 e. The summed E-state index contributed by atoms with van der Waals surface area (Å²) >= 11 is 0. The molecule has 0 unspecified atom stereocenters. The molecule has 90 valence electrons. The number of aliphatic hydroxyl groups excluding tert-OH is 1. The highest BCUT2D eigenvalue weighted by Gasteiger charge is 1.97. The summed E-state index contributed by atoms with van der Waals surface area (Å²) in [4.78, 5) is 0. The molecular formula is C10H26O4. The van der Waals surface area contributed by atoms with Gasteiger partial charge in [-0.3, -0.25) is 0 Å². The number of aliphatic hydroxyl groups is 2. The van der Waals surface area contributed by atoms with E-state index >= 15 is 0 Å². The minimum atomic E-state index is -0.500. The van der Waals surface area contributed by atoms with E-state index in [0.717, 1.165) is 0 Å². The lowest BCUT2D eigenvalue weighted by atomic mass is 10.2. The first-order valence-corrected chi connectivity index (χ1v) is 4.64. The molecule has 4 heteroatoms. The van der Waals surface area contributed by atoms with Crippen molar-refractivity contribution in [1.82, 2.24) is 0 Å². The van der Waals surface area contributed by atoms with Crippen molar-refractivity contribution in [2.75, 3.05) is 34.0 Å². The molecule has 4 nitrogen and oxygen atoms in total. The molecule has 0 amide bonds. The van der Waals surface area contributed by atoms with E-state index in [9.17, 15) is 0 Å². The minimum Gasteiger partial charge on any atom is -0.397 e. The Hall–Kier alpha value is -0.160. The van der Waals surface area contributed by atoms with Crippen molar-refractivity contribution in [3.05, 3.63) is 0 Å². The van der Waals surface area contributed by atoms with Crippen LogP contribution in [0.1, 0.15) is 27.7 Å². The number of methoxy groups -OCH3 is 2. The van der Waals surface area contributed by atoms with Gasteiger partial charge < -0.3 is 19.7 Å². The van der Waals surface area contributed by atoms with Crippen molar-refractivity contribution in [1.29, 1.82) is 0 Å². The van der Waals surface area contributed by atoms with Crippen LogP contribution in [0.4, 0.5) is 0 Å². The molecule has 0 saturated heterocycles. The summed E-state index contributed by atoms with van der Waals surface area (Å²) in [5.41, 5.74) is -0.500. The first-order chi connectivity index (χ1) is 6.33. The molecule has 0 atom stereocenters. The zero-order chi connectivity index (χ0) is 12.0. The zero-order valence-electron chi connectivity index (χ0n) is 10.3. The van der Waals surface area contributed by atoms with E-state index in [2.05, 4.69) is 9.47 Å². The topological polar surface area (TPSA) is 58.9 Å². The zero-order valence-corrected chi connectivity index (χ0v) is 10.3. The van der Waals surface area contributed by atoms with Crippen LogP contribution in [0.5, 0.6) is 0 Å². The van der Waals surface area contributed by atoms with Crippen LogP contribution in [0.3, 0.4) is 0 Å². The Morgan fingerprint density at radius 3 is 1.21 bits per heavy atom. The van der Waals surface area contributed by atoms with Crippen molar-refractivity contribution in [2.24, 2.45) is 0 Å². The second-order valence-corrected chi connectivity index (χ2v) is 3.47. The summed E-state index contributed by atoms with van der Waals surface area (Å²) in [6.07, 6.45) is 0. The maximum absolute atomic E-state index is 8.52. The van der Waals surface area contributed by atoms with Gasteiger partial charge in [-0.15, -0.1) is 0 Å². The van der Waals surface area contributed by atoms with Crippen molar-refractivity contribution < 1.29 is 19.7 Å². The van der Waals surface area contributed by atoms with Crippen LogP contribution in [0.2, 0.25) is 0 Å². The minimum absolute atomic E-state index is 0.250. The number of ether oxygens (including phenoxy) is 2. The van der Waals surface area contributed by atoms with Gasteiger partial charge >= 0.3 is 0 Å². The van der Waals surface area contributed by atoms with Crippen LogP contribution >= 0.6 is 0 Å². The first-order valence-electron chi connectivity index (χ1n) is 4.64. The van der Waals surface area contributed by atoms with Crippen LogP contribution in [0, 0.1) is 0 Å². The number of hydrogen-bond donors (Lipinski definition) is 2. The molecule has 0 aliphatic heterocycles. The molecule has 0 radical (unpaired) electrons. The predicted octanol–water partition coefficient (Wildman–Crippen LogP) is 1.05. The van der Waals surface area contributed by atoms with Crippen molar-refractivity contribution in [2.45, 2.75) is 33.3 Å². The van der Waals surface area contributed by atoms with Crippen LogP contribution < -0.4 is 0 Å². The summed E-state index contributed by atoms with van der Waals surface area (Å²) in [5.74, 6) is 0. The van der Waals surface area contributed by atoms with Gasteiger partial charge in [-0.05, 0) is 27.7 Å². The molecule has 2 N–H and O–H groups in total. The molecule has 0 heterocycles. The highest BCUT2D eigenvalue weighted by Crippen LogP contribution is 1.93. The second kappa shape index (κ2) is 15.3. The van der Waals surface area contributed by atoms with E-state index in [1.807, 2.05) is 0 Å². The first kappa shape index (κ1) is 19.4. The molecule has 0 aromatic heterocycles. The molecule has 0 saturated carbocycles. The Balaban J connectivity index is -0.000000138. The average Bonchev–Trinajstić information content (AvgIpc) is 1.99. The summed E-state index contributed by atoms with van der Waals surface area (Å²) < 4.78 is 9.31. The molecule has 0 aliphatic carbocycles. The Kier molecular flexibility index (Phi) is 21.2. The van der Waals surface area contributed by atoms with Gasteiger partial charge in [-0.1, -0.05) is 0 Å². The summed E-state index contributed by atoms with van der Waals surface area (Å²) in [5, 5.41) is 16.1. The largest absolute Gasteiger partial charge is 0.397 e. The fourth-order valence-corrected chi connectivity index (χ4v) is 0.167. The molecule has 0 aromatic carbocycles. The third-order valence-corrected chi connectivity index (χ3v) is 0.492. The van der Waals surface area contributed by atoms with Gasteiger partial charge in [0.25, 0.3) is 0 Å². The Labute approximate surface area is 87.9 Å². The van der Waals surface area contributed by atoms with Crippen molar-refractivity contribution >= 4 is 0 Å². The van der Waals surface area contributed by atoms with Crippen LogP contribution in [-0.2, 0) is 9.47 Å². The standard InChI is InChI=1S/C4H10O2.C4H10O.C2H6O/c1-5-3-4-6-2;1-4(2,3)5;1-2-3/h3-4H2,1-2H3;5H,1-3H3;3H,2H2,1H3. The fourth-order valence-electron chi connectivity index (χ4n) is 0.167. The van der Waals surface area contributed by atoms with E-state index in [4.69, 9.17) is 10.2 Å². The maximum atomic E-state index is 8.52. The molecular weight excluding hydrogens is 184 g/mol. The molecule has 0 aliphatic rings. The number of hydrogen-bond acceptors (Lipinski definition) is 4. The van der Waals surface area contributed by atoms with E-state index in [-0.39, 0.29) is 6.61 Å². The van der Waals surface area contributed by atoms with Gasteiger partial charge in [0, 0.05) is 20.8 Å².